The minimum Gasteiger partial charge on any atom is -0.0651 e. The molecule has 0 fully saturated rings. The minimum atomic E-state index is 1.00. The van der Waals surface area contributed by atoms with Gasteiger partial charge >= 0.3 is 0 Å². The van der Waals surface area contributed by atoms with Gasteiger partial charge in [-0.15, -0.1) is 0 Å². The first-order chi connectivity index (χ1) is 7.31. The highest BCUT2D eigenvalue weighted by atomic mass is 14.1. The second kappa shape index (κ2) is 6.66. The van der Waals surface area contributed by atoms with Gasteiger partial charge in [0.15, 0.2) is 0 Å². The Morgan fingerprint density at radius 1 is 0.933 bits per heavy atom. The Bertz CT molecular complexity index is 286. The molecule has 0 atom stereocenters. The highest BCUT2D eigenvalue weighted by Gasteiger charge is 2.02. The fourth-order valence-electron chi connectivity index (χ4n) is 2.06. The smallest absolute Gasteiger partial charge is 0.0276 e. The van der Waals surface area contributed by atoms with Gasteiger partial charge in [-0.1, -0.05) is 51.8 Å². The van der Waals surface area contributed by atoms with Crippen LogP contribution in [0.4, 0.5) is 0 Å². The summed E-state index contributed by atoms with van der Waals surface area (Å²) in [6, 6.07) is 6.99. The zero-order chi connectivity index (χ0) is 11.1. The molecule has 0 nitrogen and oxygen atoms in total. The van der Waals surface area contributed by atoms with Gasteiger partial charge in [0, 0.05) is 0 Å². The fourth-order valence-corrected chi connectivity index (χ4v) is 2.06. The van der Waals surface area contributed by atoms with Crippen LogP contribution in [0.25, 0.3) is 0 Å². The monoisotopic (exact) mass is 203 g/mol. The SMILES string of the molecule is [CH2]CCc1ccc(CCC)cc1CCC. The predicted octanol–water partition coefficient (Wildman–Crippen LogP) is 4.36. The molecule has 0 aliphatic carbocycles. The summed E-state index contributed by atoms with van der Waals surface area (Å²) in [6.07, 6.45) is 7.03. The molecule has 1 aromatic rings. The molecular formula is C15H23. The van der Waals surface area contributed by atoms with Gasteiger partial charge in [0.05, 0.1) is 0 Å². The molecule has 15 heavy (non-hydrogen) atoms. The average molecular weight is 203 g/mol. The molecule has 1 rings (SSSR count). The van der Waals surface area contributed by atoms with Crippen LogP contribution >= 0.6 is 0 Å². The van der Waals surface area contributed by atoms with Gasteiger partial charge in [-0.3, -0.25) is 0 Å². The summed E-state index contributed by atoms with van der Waals surface area (Å²) < 4.78 is 0. The lowest BCUT2D eigenvalue weighted by Gasteiger charge is -2.10. The van der Waals surface area contributed by atoms with Crippen molar-refractivity contribution in [1.82, 2.24) is 0 Å². The van der Waals surface area contributed by atoms with Crippen molar-refractivity contribution in [2.45, 2.75) is 52.4 Å². The summed E-state index contributed by atoms with van der Waals surface area (Å²) in [5.41, 5.74) is 4.55. The van der Waals surface area contributed by atoms with E-state index in [1.54, 1.807) is 5.56 Å². The van der Waals surface area contributed by atoms with Gasteiger partial charge in [0.25, 0.3) is 0 Å². The van der Waals surface area contributed by atoms with E-state index in [9.17, 15) is 0 Å². The van der Waals surface area contributed by atoms with E-state index in [0.29, 0.717) is 0 Å². The second-order valence-corrected chi connectivity index (χ2v) is 4.21. The molecule has 1 radical (unpaired) electrons. The van der Waals surface area contributed by atoms with E-state index < -0.39 is 0 Å². The van der Waals surface area contributed by atoms with E-state index in [2.05, 4.69) is 39.0 Å². The number of benzene rings is 1. The summed E-state index contributed by atoms with van der Waals surface area (Å²) in [6.45, 7) is 8.43. The summed E-state index contributed by atoms with van der Waals surface area (Å²) in [5.74, 6) is 0. The highest BCUT2D eigenvalue weighted by Crippen LogP contribution is 2.17. The van der Waals surface area contributed by atoms with E-state index >= 15 is 0 Å². The molecule has 0 aromatic heterocycles. The van der Waals surface area contributed by atoms with E-state index in [1.165, 1.54) is 36.8 Å². The van der Waals surface area contributed by atoms with Crippen LogP contribution in [0, 0.1) is 6.92 Å². The Balaban J connectivity index is 2.87. The normalized spacial score (nSPS) is 10.6. The van der Waals surface area contributed by atoms with Crippen molar-refractivity contribution >= 4 is 0 Å². The van der Waals surface area contributed by atoms with Crippen molar-refractivity contribution < 1.29 is 0 Å². The molecule has 0 heterocycles. The van der Waals surface area contributed by atoms with Crippen LogP contribution < -0.4 is 0 Å². The van der Waals surface area contributed by atoms with Crippen LogP contribution in [0.1, 0.15) is 49.8 Å². The van der Waals surface area contributed by atoms with E-state index in [0.717, 1.165) is 12.8 Å². The molecule has 0 saturated heterocycles. The van der Waals surface area contributed by atoms with Crippen LogP contribution in [0.15, 0.2) is 18.2 Å². The Hall–Kier alpha value is -0.780. The quantitative estimate of drug-likeness (QED) is 0.644. The summed E-state index contributed by atoms with van der Waals surface area (Å²) >= 11 is 0. The minimum absolute atomic E-state index is 1.00. The van der Waals surface area contributed by atoms with Crippen LogP contribution in [0.3, 0.4) is 0 Å². The highest BCUT2D eigenvalue weighted by molar-refractivity contribution is 5.32. The second-order valence-electron chi connectivity index (χ2n) is 4.21. The molecule has 0 saturated carbocycles. The number of hydrogen-bond acceptors (Lipinski definition) is 0. The largest absolute Gasteiger partial charge is 0.0651 e. The fraction of sp³-hybridized carbons (Fsp3) is 0.533. The molecule has 0 aliphatic rings. The average Bonchev–Trinajstić information content (AvgIpc) is 2.23. The molecule has 0 bridgehead atoms. The number of aryl methyl sites for hydroxylation is 3. The number of rotatable bonds is 6. The Kier molecular flexibility index (Phi) is 5.45. The molecule has 1 aromatic carbocycles. The van der Waals surface area contributed by atoms with Crippen molar-refractivity contribution in [3.63, 3.8) is 0 Å². The summed E-state index contributed by atoms with van der Waals surface area (Å²) in [4.78, 5) is 0. The van der Waals surface area contributed by atoms with Gasteiger partial charge in [-0.05, 0) is 42.4 Å². The maximum atomic E-state index is 3.94. The van der Waals surface area contributed by atoms with Crippen molar-refractivity contribution in [1.29, 1.82) is 0 Å². The lowest BCUT2D eigenvalue weighted by molar-refractivity contribution is 0.866. The first-order valence-corrected chi connectivity index (χ1v) is 6.21. The maximum absolute atomic E-state index is 3.94. The zero-order valence-corrected chi connectivity index (χ0v) is 10.2. The van der Waals surface area contributed by atoms with Gasteiger partial charge in [-0.2, -0.15) is 0 Å². The molecule has 0 unspecified atom stereocenters. The first-order valence-electron chi connectivity index (χ1n) is 6.21. The summed E-state index contributed by atoms with van der Waals surface area (Å²) in [5, 5.41) is 0. The third-order valence-electron chi connectivity index (χ3n) is 2.77. The summed E-state index contributed by atoms with van der Waals surface area (Å²) in [7, 11) is 0. The van der Waals surface area contributed by atoms with Crippen LogP contribution in [0.2, 0.25) is 0 Å². The zero-order valence-electron chi connectivity index (χ0n) is 10.2. The predicted molar refractivity (Wildman–Crippen MR) is 68.1 cm³/mol. The van der Waals surface area contributed by atoms with E-state index in [-0.39, 0.29) is 0 Å². The third-order valence-corrected chi connectivity index (χ3v) is 2.77. The molecular weight excluding hydrogens is 180 g/mol. The van der Waals surface area contributed by atoms with Crippen LogP contribution in [-0.4, -0.2) is 0 Å². The van der Waals surface area contributed by atoms with Crippen molar-refractivity contribution in [3.05, 3.63) is 41.8 Å². The molecule has 0 amide bonds. The van der Waals surface area contributed by atoms with Crippen LogP contribution in [-0.2, 0) is 19.3 Å². The van der Waals surface area contributed by atoms with Gasteiger partial charge in [-0.25, -0.2) is 0 Å². The lowest BCUT2D eigenvalue weighted by atomic mass is 9.96. The Labute approximate surface area is 94.7 Å². The first kappa shape index (κ1) is 12.3. The molecule has 0 N–H and O–H groups in total. The Morgan fingerprint density at radius 2 is 1.67 bits per heavy atom. The lowest BCUT2D eigenvalue weighted by Crippen LogP contribution is -1.96. The molecule has 83 valence electrons. The standard InChI is InChI=1S/C15H23/c1-4-7-13-10-11-14(8-5-2)15(12-13)9-6-3/h10-12H,2,4-9H2,1,3H3. The third kappa shape index (κ3) is 3.70. The molecule has 0 heteroatoms. The van der Waals surface area contributed by atoms with Crippen molar-refractivity contribution in [2.75, 3.05) is 0 Å². The topological polar surface area (TPSA) is 0 Å². The van der Waals surface area contributed by atoms with E-state index in [4.69, 9.17) is 0 Å². The van der Waals surface area contributed by atoms with Gasteiger partial charge in [0.1, 0.15) is 0 Å². The van der Waals surface area contributed by atoms with Crippen LogP contribution in [0.5, 0.6) is 0 Å². The Morgan fingerprint density at radius 3 is 2.27 bits per heavy atom. The molecule has 0 aliphatic heterocycles. The van der Waals surface area contributed by atoms with Crippen molar-refractivity contribution in [3.8, 4) is 0 Å². The van der Waals surface area contributed by atoms with E-state index in [1.807, 2.05) is 0 Å². The van der Waals surface area contributed by atoms with Gasteiger partial charge < -0.3 is 0 Å². The van der Waals surface area contributed by atoms with Gasteiger partial charge in [0.2, 0.25) is 0 Å². The van der Waals surface area contributed by atoms with Crippen molar-refractivity contribution in [2.24, 2.45) is 0 Å². The number of hydrogen-bond donors (Lipinski definition) is 0. The molecule has 0 spiro atoms. The maximum Gasteiger partial charge on any atom is -0.0276 e.